The van der Waals surface area contributed by atoms with Crippen LogP contribution in [0.25, 0.3) is 0 Å². The van der Waals surface area contributed by atoms with Crippen LogP contribution in [-0.4, -0.2) is 61.1 Å². The minimum Gasteiger partial charge on any atom is -0.378 e. The molecule has 1 aromatic heterocycles. The number of ether oxygens (including phenoxy) is 2. The highest BCUT2D eigenvalue weighted by Gasteiger charge is 2.28. The van der Waals surface area contributed by atoms with Gasteiger partial charge in [-0.25, -0.2) is 17.8 Å². The maximum Gasteiger partial charge on any atom is 0.216 e. The number of hydrogen-bond donors (Lipinski definition) is 1. The number of nitrogens with one attached hydrogen (secondary N) is 1. The predicted molar refractivity (Wildman–Crippen MR) is 101 cm³/mol. The van der Waals surface area contributed by atoms with Crippen molar-refractivity contribution in [1.29, 1.82) is 0 Å². The zero-order chi connectivity index (χ0) is 19.8. The summed E-state index contributed by atoms with van der Waals surface area (Å²) in [6.07, 6.45) is 2.71. The van der Waals surface area contributed by atoms with Crippen molar-refractivity contribution < 1.29 is 17.9 Å². The summed E-state index contributed by atoms with van der Waals surface area (Å²) in [5, 5.41) is 8.06. The molecule has 0 unspecified atom stereocenters. The van der Waals surface area contributed by atoms with Gasteiger partial charge in [0.2, 0.25) is 10.0 Å². The molecule has 1 N–H and O–H groups in total. The molecule has 0 radical (unpaired) electrons. The Morgan fingerprint density at radius 1 is 1.04 bits per heavy atom. The van der Waals surface area contributed by atoms with Crippen molar-refractivity contribution >= 4 is 10.0 Å². The quantitative estimate of drug-likeness (QED) is 0.577. The van der Waals surface area contributed by atoms with Gasteiger partial charge in [0.25, 0.3) is 0 Å². The minimum absolute atomic E-state index is 0.183. The van der Waals surface area contributed by atoms with Crippen LogP contribution in [0.4, 0.5) is 0 Å². The molecule has 1 heterocycles. The highest BCUT2D eigenvalue weighted by Crippen LogP contribution is 2.19. The van der Waals surface area contributed by atoms with Crippen molar-refractivity contribution in [3.8, 4) is 0 Å². The first-order valence-electron chi connectivity index (χ1n) is 8.94. The molecule has 1 rings (SSSR count). The molecule has 0 amide bonds. The number of rotatable bonds is 11. The van der Waals surface area contributed by atoms with Crippen LogP contribution < -0.4 is 4.72 Å². The molecule has 9 heteroatoms. The van der Waals surface area contributed by atoms with Gasteiger partial charge in [-0.05, 0) is 32.6 Å². The van der Waals surface area contributed by atoms with E-state index in [-0.39, 0.29) is 12.0 Å². The van der Waals surface area contributed by atoms with E-state index in [0.29, 0.717) is 33.0 Å². The predicted octanol–water partition coefficient (Wildman–Crippen LogP) is 1.62. The maximum absolute atomic E-state index is 11.8. The molecule has 1 aromatic rings. The Morgan fingerprint density at radius 3 is 2.23 bits per heavy atom. The van der Waals surface area contributed by atoms with Crippen LogP contribution in [0.3, 0.4) is 0 Å². The van der Waals surface area contributed by atoms with Crippen LogP contribution in [0.2, 0.25) is 0 Å². The average molecular weight is 391 g/mol. The van der Waals surface area contributed by atoms with Gasteiger partial charge in [0, 0.05) is 6.54 Å². The number of hydrogen-bond acceptors (Lipinski definition) is 6. The molecule has 0 fully saturated rings. The third kappa shape index (κ3) is 8.57. The number of sulfonamides is 1. The Balaban J connectivity index is 2.11. The fourth-order valence-electron chi connectivity index (χ4n) is 2.09. The summed E-state index contributed by atoms with van der Waals surface area (Å²) in [6, 6.07) is 0. The molecule has 0 aliphatic heterocycles. The maximum atomic E-state index is 11.8. The van der Waals surface area contributed by atoms with Crippen LogP contribution in [0, 0.1) is 5.41 Å². The van der Waals surface area contributed by atoms with E-state index in [0.717, 1.165) is 12.1 Å². The first-order chi connectivity index (χ1) is 11.9. The van der Waals surface area contributed by atoms with Gasteiger partial charge in [0.1, 0.15) is 0 Å². The highest BCUT2D eigenvalue weighted by molar-refractivity contribution is 7.90. The summed E-state index contributed by atoms with van der Waals surface area (Å²) >= 11 is 0. The molecular weight excluding hydrogens is 356 g/mol. The third-order valence-corrected chi connectivity index (χ3v) is 5.77. The second-order valence-electron chi connectivity index (χ2n) is 8.42. The van der Waals surface area contributed by atoms with Gasteiger partial charge in [-0.2, -0.15) is 0 Å². The Morgan fingerprint density at radius 2 is 1.65 bits per heavy atom. The summed E-state index contributed by atoms with van der Waals surface area (Å²) in [6.45, 7) is 14.1. The fourth-order valence-corrected chi connectivity index (χ4v) is 2.87. The third-order valence-electron chi connectivity index (χ3n) is 3.57. The molecule has 0 spiro atoms. The molecule has 0 bridgehead atoms. The van der Waals surface area contributed by atoms with Gasteiger partial charge in [-0.15, -0.1) is 5.10 Å². The van der Waals surface area contributed by atoms with Gasteiger partial charge in [-0.1, -0.05) is 26.0 Å². The van der Waals surface area contributed by atoms with Gasteiger partial charge in [-0.3, -0.25) is 0 Å². The van der Waals surface area contributed by atoms with E-state index in [2.05, 4.69) is 35.8 Å². The largest absolute Gasteiger partial charge is 0.378 e. The minimum atomic E-state index is -3.32. The Hall–Kier alpha value is -1.03. The van der Waals surface area contributed by atoms with Crippen molar-refractivity contribution in [3.63, 3.8) is 0 Å². The normalized spacial score (nSPS) is 13.3. The first kappa shape index (κ1) is 23.0. The fraction of sp³-hybridized carbons (Fsp3) is 0.882. The highest BCUT2D eigenvalue weighted by atomic mass is 32.2. The molecule has 8 nitrogen and oxygen atoms in total. The second-order valence-corrected chi connectivity index (χ2v) is 10.9. The van der Waals surface area contributed by atoms with Crippen molar-refractivity contribution in [2.45, 2.75) is 59.3 Å². The van der Waals surface area contributed by atoms with Crippen LogP contribution >= 0.6 is 0 Å². The molecule has 0 aliphatic carbocycles. The summed E-state index contributed by atoms with van der Waals surface area (Å²) in [5.41, 5.74) is 1.28. The molecule has 0 aliphatic rings. The van der Waals surface area contributed by atoms with Crippen molar-refractivity contribution in [2.24, 2.45) is 5.41 Å². The summed E-state index contributed by atoms with van der Waals surface area (Å²) in [7, 11) is -3.32. The standard InChI is InChI=1S/C17H34N4O4S/c1-16(2,3)13-15-14-18-20-21(15)8-10-25-12-11-24-9-7-19-26(22,23)17(4,5)6/h14,19H,7-13H2,1-6H3. The first-order valence-corrected chi connectivity index (χ1v) is 10.4. The zero-order valence-electron chi connectivity index (χ0n) is 16.9. The molecule has 0 aromatic carbocycles. The number of aromatic nitrogens is 3. The van der Waals surface area contributed by atoms with E-state index in [1.807, 2.05) is 4.68 Å². The molecule has 152 valence electrons. The summed E-state index contributed by atoms with van der Waals surface area (Å²) in [5.74, 6) is 0. The van der Waals surface area contributed by atoms with E-state index in [4.69, 9.17) is 9.47 Å². The zero-order valence-corrected chi connectivity index (χ0v) is 17.7. The van der Waals surface area contributed by atoms with Gasteiger partial charge in [0.05, 0.1) is 49.6 Å². The van der Waals surface area contributed by atoms with E-state index < -0.39 is 14.8 Å². The molecule has 0 atom stereocenters. The SMILES string of the molecule is CC(C)(C)Cc1cnnn1CCOCCOCCNS(=O)(=O)C(C)(C)C. The Labute approximate surface area is 157 Å². The van der Waals surface area contributed by atoms with Gasteiger partial charge >= 0.3 is 0 Å². The monoisotopic (exact) mass is 390 g/mol. The van der Waals surface area contributed by atoms with Crippen LogP contribution in [0.1, 0.15) is 47.2 Å². The lowest BCUT2D eigenvalue weighted by molar-refractivity contribution is 0.0456. The Kier molecular flexibility index (Phi) is 8.65. The van der Waals surface area contributed by atoms with E-state index in [1.165, 1.54) is 0 Å². The van der Waals surface area contributed by atoms with E-state index >= 15 is 0 Å². The van der Waals surface area contributed by atoms with E-state index in [1.54, 1.807) is 27.0 Å². The molecular formula is C17H34N4O4S. The van der Waals surface area contributed by atoms with Crippen LogP contribution in [0.5, 0.6) is 0 Å². The second kappa shape index (κ2) is 9.77. The van der Waals surface area contributed by atoms with Crippen LogP contribution in [-0.2, 0) is 32.5 Å². The molecule has 0 saturated carbocycles. The lowest BCUT2D eigenvalue weighted by atomic mass is 9.91. The van der Waals surface area contributed by atoms with Crippen LogP contribution in [0.15, 0.2) is 6.20 Å². The lowest BCUT2D eigenvalue weighted by Gasteiger charge is -2.19. The smallest absolute Gasteiger partial charge is 0.216 e. The van der Waals surface area contributed by atoms with E-state index in [9.17, 15) is 8.42 Å². The van der Waals surface area contributed by atoms with Crippen molar-refractivity contribution in [1.82, 2.24) is 19.7 Å². The molecule has 0 saturated heterocycles. The Bertz CT molecular complexity index is 630. The summed E-state index contributed by atoms with van der Waals surface area (Å²) < 4.78 is 38.2. The van der Waals surface area contributed by atoms with Crippen molar-refractivity contribution in [3.05, 3.63) is 11.9 Å². The molecule has 26 heavy (non-hydrogen) atoms. The average Bonchev–Trinajstić information content (AvgIpc) is 2.89. The lowest BCUT2D eigenvalue weighted by Crippen LogP contribution is -2.40. The summed E-state index contributed by atoms with van der Waals surface area (Å²) in [4.78, 5) is 0. The topological polar surface area (TPSA) is 95.3 Å². The van der Waals surface area contributed by atoms with Gasteiger partial charge < -0.3 is 9.47 Å². The van der Waals surface area contributed by atoms with Crippen molar-refractivity contribution in [2.75, 3.05) is 33.0 Å². The van der Waals surface area contributed by atoms with Gasteiger partial charge in [0.15, 0.2) is 0 Å². The number of nitrogens with zero attached hydrogens (tertiary/aromatic N) is 3.